The zero-order valence-electron chi connectivity index (χ0n) is 11.5. The van der Waals surface area contributed by atoms with Gasteiger partial charge in [0, 0.05) is 38.8 Å². The van der Waals surface area contributed by atoms with Crippen molar-refractivity contribution in [2.24, 2.45) is 0 Å². The number of rotatable bonds is 2. The Balaban J connectivity index is 0.00000162. The zero-order chi connectivity index (χ0) is 12.4. The second kappa shape index (κ2) is 8.27. The molecule has 0 radical (unpaired) electrons. The lowest BCUT2D eigenvalue weighted by Crippen LogP contribution is -2.54. The Morgan fingerprint density at radius 3 is 2.21 bits per heavy atom. The van der Waals surface area contributed by atoms with Crippen LogP contribution in [0.4, 0.5) is 0 Å². The lowest BCUT2D eigenvalue weighted by Gasteiger charge is -2.37. The maximum atomic E-state index is 12.2. The van der Waals surface area contributed by atoms with E-state index < -0.39 is 0 Å². The standard InChI is InChI=1S/C12H23N3O2.2ClH/c1-9(2)14-3-5-15(6-4-14)12(17)11-7-10(16)8-13-11;;/h9-11,13,16H,3-8H2,1-2H3;2*1H. The second-order valence-electron chi connectivity index (χ2n) is 5.31. The van der Waals surface area contributed by atoms with E-state index >= 15 is 0 Å². The third kappa shape index (κ3) is 4.76. The Morgan fingerprint density at radius 2 is 1.79 bits per heavy atom. The summed E-state index contributed by atoms with van der Waals surface area (Å²) in [6.45, 7) is 8.45. The van der Waals surface area contributed by atoms with Crippen LogP contribution < -0.4 is 5.32 Å². The Bertz CT molecular complexity index is 284. The van der Waals surface area contributed by atoms with Crippen LogP contribution in [0.25, 0.3) is 0 Å². The van der Waals surface area contributed by atoms with Crippen LogP contribution in [0.1, 0.15) is 20.3 Å². The first-order valence-corrected chi connectivity index (χ1v) is 6.52. The van der Waals surface area contributed by atoms with Crippen molar-refractivity contribution in [1.82, 2.24) is 15.1 Å². The number of hydrogen-bond acceptors (Lipinski definition) is 4. The maximum absolute atomic E-state index is 12.2. The number of nitrogens with one attached hydrogen (secondary N) is 1. The van der Waals surface area contributed by atoms with Crippen molar-refractivity contribution >= 4 is 30.7 Å². The second-order valence-corrected chi connectivity index (χ2v) is 5.31. The van der Waals surface area contributed by atoms with Crippen molar-refractivity contribution in [3.63, 3.8) is 0 Å². The van der Waals surface area contributed by atoms with Crippen LogP contribution in [0.15, 0.2) is 0 Å². The number of piperazine rings is 1. The SMILES string of the molecule is CC(C)N1CCN(C(=O)C2CC(O)CN2)CC1.Cl.Cl. The molecule has 0 saturated carbocycles. The van der Waals surface area contributed by atoms with Gasteiger partial charge in [-0.1, -0.05) is 0 Å². The molecule has 7 heteroatoms. The highest BCUT2D eigenvalue weighted by atomic mass is 35.5. The summed E-state index contributed by atoms with van der Waals surface area (Å²) in [7, 11) is 0. The molecule has 5 nitrogen and oxygen atoms in total. The Labute approximate surface area is 127 Å². The fourth-order valence-electron chi connectivity index (χ4n) is 2.58. The molecule has 2 unspecified atom stereocenters. The van der Waals surface area contributed by atoms with E-state index in [1.165, 1.54) is 0 Å². The van der Waals surface area contributed by atoms with E-state index in [1.807, 2.05) is 4.90 Å². The summed E-state index contributed by atoms with van der Waals surface area (Å²) in [4.78, 5) is 16.5. The van der Waals surface area contributed by atoms with Crippen LogP contribution in [0.2, 0.25) is 0 Å². The molecule has 114 valence electrons. The molecule has 2 rings (SSSR count). The van der Waals surface area contributed by atoms with Gasteiger partial charge in [-0.05, 0) is 20.3 Å². The Hall–Kier alpha value is -0.0700. The van der Waals surface area contributed by atoms with Gasteiger partial charge in [-0.2, -0.15) is 0 Å². The third-order valence-electron chi connectivity index (χ3n) is 3.76. The van der Waals surface area contributed by atoms with Crippen LogP contribution in [-0.2, 0) is 4.79 Å². The lowest BCUT2D eigenvalue weighted by atomic mass is 10.1. The summed E-state index contributed by atoms with van der Waals surface area (Å²) < 4.78 is 0. The van der Waals surface area contributed by atoms with Gasteiger partial charge in [0.05, 0.1) is 12.1 Å². The van der Waals surface area contributed by atoms with E-state index in [-0.39, 0.29) is 42.9 Å². The van der Waals surface area contributed by atoms with E-state index in [0.29, 0.717) is 19.0 Å². The number of amides is 1. The highest BCUT2D eigenvalue weighted by Crippen LogP contribution is 2.12. The van der Waals surface area contributed by atoms with E-state index in [4.69, 9.17) is 0 Å². The number of nitrogens with zero attached hydrogens (tertiary/aromatic N) is 2. The van der Waals surface area contributed by atoms with Gasteiger partial charge >= 0.3 is 0 Å². The summed E-state index contributed by atoms with van der Waals surface area (Å²) in [5.74, 6) is 0.157. The van der Waals surface area contributed by atoms with E-state index in [0.717, 1.165) is 26.2 Å². The van der Waals surface area contributed by atoms with Gasteiger partial charge in [-0.15, -0.1) is 24.8 Å². The number of halogens is 2. The molecule has 0 aromatic carbocycles. The van der Waals surface area contributed by atoms with Crippen molar-refractivity contribution in [2.75, 3.05) is 32.7 Å². The molecule has 2 N–H and O–H groups in total. The number of aliphatic hydroxyl groups is 1. The highest BCUT2D eigenvalue weighted by Gasteiger charge is 2.32. The molecular formula is C12H25Cl2N3O2. The summed E-state index contributed by atoms with van der Waals surface area (Å²) in [6, 6.07) is 0.384. The molecule has 0 aliphatic carbocycles. The van der Waals surface area contributed by atoms with Gasteiger partial charge in [0.25, 0.3) is 0 Å². The topological polar surface area (TPSA) is 55.8 Å². The first kappa shape index (κ1) is 18.9. The molecule has 1 amide bonds. The minimum atomic E-state index is -0.360. The maximum Gasteiger partial charge on any atom is 0.239 e. The number of carbonyl (C=O) groups is 1. The highest BCUT2D eigenvalue weighted by molar-refractivity contribution is 5.85. The van der Waals surface area contributed by atoms with E-state index in [2.05, 4.69) is 24.1 Å². The van der Waals surface area contributed by atoms with Gasteiger partial charge in [-0.25, -0.2) is 0 Å². The molecule has 2 fully saturated rings. The lowest BCUT2D eigenvalue weighted by molar-refractivity contribution is -0.135. The summed E-state index contributed by atoms with van der Waals surface area (Å²) in [5.41, 5.74) is 0. The molecule has 0 bridgehead atoms. The van der Waals surface area contributed by atoms with Crippen LogP contribution in [0.5, 0.6) is 0 Å². The molecular weight excluding hydrogens is 289 g/mol. The summed E-state index contributed by atoms with van der Waals surface area (Å²) in [6.07, 6.45) is 0.198. The molecule has 2 atom stereocenters. The quantitative estimate of drug-likeness (QED) is 0.759. The number of β-amino-alcohol motifs (C(OH)–C–C–N with tert-alkyl or cyclic N) is 1. The van der Waals surface area contributed by atoms with Gasteiger partial charge in [0.15, 0.2) is 0 Å². The average Bonchev–Trinajstić information content (AvgIpc) is 2.75. The normalized spacial score (nSPS) is 27.9. The van der Waals surface area contributed by atoms with E-state index in [9.17, 15) is 9.90 Å². The predicted molar refractivity (Wildman–Crippen MR) is 80.2 cm³/mol. The first-order valence-electron chi connectivity index (χ1n) is 6.52. The fourth-order valence-corrected chi connectivity index (χ4v) is 2.58. The van der Waals surface area contributed by atoms with Gasteiger partial charge in [-0.3, -0.25) is 9.69 Å². The third-order valence-corrected chi connectivity index (χ3v) is 3.76. The first-order chi connectivity index (χ1) is 8.08. The molecule has 2 heterocycles. The van der Waals surface area contributed by atoms with Crippen molar-refractivity contribution in [3.8, 4) is 0 Å². The minimum Gasteiger partial charge on any atom is -0.392 e. The minimum absolute atomic E-state index is 0. The molecule has 0 spiro atoms. The summed E-state index contributed by atoms with van der Waals surface area (Å²) >= 11 is 0. The molecule has 0 aromatic rings. The molecule has 0 aromatic heterocycles. The Kier molecular flexibility index (Phi) is 8.24. The van der Waals surface area contributed by atoms with Crippen LogP contribution >= 0.6 is 24.8 Å². The number of hydrogen-bond donors (Lipinski definition) is 2. The predicted octanol–water partition coefficient (Wildman–Crippen LogP) is 0.105. The average molecular weight is 314 g/mol. The smallest absolute Gasteiger partial charge is 0.239 e. The van der Waals surface area contributed by atoms with Gasteiger partial charge in [0.2, 0.25) is 5.91 Å². The van der Waals surface area contributed by atoms with Gasteiger partial charge < -0.3 is 15.3 Å². The summed E-state index contributed by atoms with van der Waals surface area (Å²) in [5, 5.41) is 12.5. The Morgan fingerprint density at radius 1 is 1.21 bits per heavy atom. The molecule has 2 aliphatic heterocycles. The van der Waals surface area contributed by atoms with Crippen molar-refractivity contribution < 1.29 is 9.90 Å². The van der Waals surface area contributed by atoms with Crippen molar-refractivity contribution in [3.05, 3.63) is 0 Å². The van der Waals surface area contributed by atoms with Crippen LogP contribution in [0.3, 0.4) is 0 Å². The van der Waals surface area contributed by atoms with Crippen molar-refractivity contribution in [1.29, 1.82) is 0 Å². The van der Waals surface area contributed by atoms with E-state index in [1.54, 1.807) is 0 Å². The monoisotopic (exact) mass is 313 g/mol. The fraction of sp³-hybridized carbons (Fsp3) is 0.917. The van der Waals surface area contributed by atoms with Crippen LogP contribution in [0, 0.1) is 0 Å². The number of carbonyl (C=O) groups excluding carboxylic acids is 1. The largest absolute Gasteiger partial charge is 0.392 e. The van der Waals surface area contributed by atoms with Gasteiger partial charge in [0.1, 0.15) is 0 Å². The molecule has 2 aliphatic rings. The molecule has 19 heavy (non-hydrogen) atoms. The zero-order valence-corrected chi connectivity index (χ0v) is 13.2. The van der Waals surface area contributed by atoms with Crippen molar-refractivity contribution in [2.45, 2.75) is 38.5 Å². The number of aliphatic hydroxyl groups excluding tert-OH is 1. The molecule has 2 saturated heterocycles. The van der Waals surface area contributed by atoms with Crippen LogP contribution in [-0.4, -0.2) is 71.7 Å².